The maximum absolute atomic E-state index is 12.4. The number of ether oxygens (including phenoxy) is 2. The third-order valence-corrected chi connectivity index (χ3v) is 3.84. The molecule has 1 aromatic rings. The molecule has 0 spiro atoms. The van der Waals surface area contributed by atoms with E-state index in [0.717, 1.165) is 5.75 Å². The van der Waals surface area contributed by atoms with Gasteiger partial charge in [0.1, 0.15) is 6.61 Å². The van der Waals surface area contributed by atoms with E-state index in [1.165, 1.54) is 0 Å². The van der Waals surface area contributed by atoms with E-state index in [0.29, 0.717) is 32.0 Å². The van der Waals surface area contributed by atoms with Crippen molar-refractivity contribution in [3.05, 3.63) is 24.3 Å². The molecule has 7 nitrogen and oxygen atoms in total. The maximum Gasteiger partial charge on any atom is 0.304 e. The number of carboxylic acid groups (broad SMARTS) is 1. The molecule has 1 atom stereocenters. The minimum absolute atomic E-state index is 0. The van der Waals surface area contributed by atoms with E-state index in [9.17, 15) is 9.59 Å². The molecular formula is C17H25ClN2O5. The highest BCUT2D eigenvalue weighted by molar-refractivity contribution is 5.85. The molecule has 0 bridgehead atoms. The van der Waals surface area contributed by atoms with Crippen LogP contribution < -0.4 is 9.47 Å². The second kappa shape index (κ2) is 10.1. The lowest BCUT2D eigenvalue weighted by Gasteiger charge is -2.31. The lowest BCUT2D eigenvalue weighted by molar-refractivity contribution is -0.138. The average molecular weight is 373 g/mol. The normalized spacial score (nSPS) is 15.4. The molecule has 2 rings (SSSR count). The number of carbonyl (C=O) groups excluding carboxylic acids is 1. The first-order valence-corrected chi connectivity index (χ1v) is 8.06. The van der Waals surface area contributed by atoms with Gasteiger partial charge >= 0.3 is 5.97 Å². The summed E-state index contributed by atoms with van der Waals surface area (Å²) in [6.07, 6.45) is -0.195. The van der Waals surface area contributed by atoms with Gasteiger partial charge in [0.25, 0.3) is 0 Å². The average Bonchev–Trinajstić information content (AvgIpc) is 2.57. The first-order chi connectivity index (χ1) is 11.5. The molecule has 140 valence electrons. The van der Waals surface area contributed by atoms with Gasteiger partial charge in [-0.2, -0.15) is 0 Å². The second-order valence-electron chi connectivity index (χ2n) is 5.81. The first-order valence-electron chi connectivity index (χ1n) is 8.06. The predicted octanol–water partition coefficient (Wildman–Crippen LogP) is 1.50. The molecule has 1 N–H and O–H groups in total. The van der Waals surface area contributed by atoms with Crippen LogP contribution in [-0.2, 0) is 9.59 Å². The van der Waals surface area contributed by atoms with Crippen molar-refractivity contribution in [2.45, 2.75) is 19.4 Å². The van der Waals surface area contributed by atoms with Crippen LogP contribution in [0.5, 0.6) is 11.5 Å². The monoisotopic (exact) mass is 372 g/mol. The molecule has 0 saturated carbocycles. The van der Waals surface area contributed by atoms with Crippen LogP contribution >= 0.6 is 12.4 Å². The lowest BCUT2D eigenvalue weighted by atomic mass is 10.2. The van der Waals surface area contributed by atoms with E-state index < -0.39 is 5.97 Å². The van der Waals surface area contributed by atoms with Crippen molar-refractivity contribution in [1.29, 1.82) is 0 Å². The number of hydrogen-bond donors (Lipinski definition) is 1. The number of carbonyl (C=O) groups is 2. The van der Waals surface area contributed by atoms with Gasteiger partial charge in [-0.25, -0.2) is 0 Å². The van der Waals surface area contributed by atoms with Crippen LogP contribution in [0.4, 0.5) is 0 Å². The SMILES string of the molecule is CCN(CC1COc2ccccc2O1)C(=O)CN(C)CCC(=O)O.Cl. The summed E-state index contributed by atoms with van der Waals surface area (Å²) in [5.74, 6) is 0.494. The number of amides is 1. The van der Waals surface area contributed by atoms with Gasteiger partial charge in [-0.3, -0.25) is 14.5 Å². The number of hydrogen-bond acceptors (Lipinski definition) is 5. The number of benzene rings is 1. The molecule has 0 aliphatic carbocycles. The number of likely N-dealkylation sites (N-methyl/N-ethyl adjacent to an activating group) is 2. The third-order valence-electron chi connectivity index (χ3n) is 3.84. The minimum atomic E-state index is -0.868. The van der Waals surface area contributed by atoms with Crippen molar-refractivity contribution in [3.63, 3.8) is 0 Å². The number of nitrogens with zero attached hydrogens (tertiary/aromatic N) is 2. The zero-order valence-electron chi connectivity index (χ0n) is 14.5. The number of fused-ring (bicyclic) bond motifs is 1. The molecule has 0 radical (unpaired) electrons. The van der Waals surface area contributed by atoms with Crippen LogP contribution in [0.3, 0.4) is 0 Å². The Morgan fingerprint density at radius 1 is 1.28 bits per heavy atom. The highest BCUT2D eigenvalue weighted by Gasteiger charge is 2.25. The number of para-hydroxylation sites is 2. The fourth-order valence-corrected chi connectivity index (χ4v) is 2.50. The Morgan fingerprint density at radius 3 is 2.60 bits per heavy atom. The fraction of sp³-hybridized carbons (Fsp3) is 0.529. The molecular weight excluding hydrogens is 348 g/mol. The topological polar surface area (TPSA) is 79.3 Å². The highest BCUT2D eigenvalue weighted by atomic mass is 35.5. The van der Waals surface area contributed by atoms with Gasteiger partial charge in [0, 0.05) is 13.1 Å². The molecule has 8 heteroatoms. The van der Waals surface area contributed by atoms with Gasteiger partial charge in [0.2, 0.25) is 5.91 Å². The molecule has 1 heterocycles. The fourth-order valence-electron chi connectivity index (χ4n) is 2.50. The molecule has 1 aliphatic heterocycles. The Balaban J connectivity index is 0.00000312. The van der Waals surface area contributed by atoms with E-state index in [4.69, 9.17) is 14.6 Å². The van der Waals surface area contributed by atoms with Crippen LogP contribution in [0.15, 0.2) is 24.3 Å². The standard InChI is InChI=1S/C17H24N2O5.ClH/c1-3-19(16(20)11-18(2)9-8-17(21)22)10-13-12-23-14-6-4-5-7-15(14)24-13;/h4-7,13H,3,8-12H2,1-2H3,(H,21,22);1H. The van der Waals surface area contributed by atoms with E-state index in [-0.39, 0.29) is 37.4 Å². The van der Waals surface area contributed by atoms with Crippen LogP contribution in [0.2, 0.25) is 0 Å². The zero-order valence-corrected chi connectivity index (χ0v) is 15.3. The van der Waals surface area contributed by atoms with Crippen LogP contribution in [-0.4, -0.2) is 72.7 Å². The number of halogens is 1. The summed E-state index contributed by atoms with van der Waals surface area (Å²) in [6, 6.07) is 7.47. The molecule has 1 amide bonds. The van der Waals surface area contributed by atoms with Crippen LogP contribution in [0.1, 0.15) is 13.3 Å². The van der Waals surface area contributed by atoms with Gasteiger partial charge in [-0.1, -0.05) is 12.1 Å². The summed E-state index contributed by atoms with van der Waals surface area (Å²) >= 11 is 0. The maximum atomic E-state index is 12.4. The zero-order chi connectivity index (χ0) is 17.5. The van der Waals surface area contributed by atoms with Crippen molar-refractivity contribution >= 4 is 24.3 Å². The van der Waals surface area contributed by atoms with Gasteiger partial charge < -0.3 is 19.5 Å². The van der Waals surface area contributed by atoms with Crippen LogP contribution in [0, 0.1) is 0 Å². The molecule has 25 heavy (non-hydrogen) atoms. The van der Waals surface area contributed by atoms with E-state index in [1.807, 2.05) is 31.2 Å². The summed E-state index contributed by atoms with van der Waals surface area (Å²) in [5, 5.41) is 8.70. The largest absolute Gasteiger partial charge is 0.486 e. The van der Waals surface area contributed by atoms with Crippen LogP contribution in [0.25, 0.3) is 0 Å². The summed E-state index contributed by atoms with van der Waals surface area (Å²) in [4.78, 5) is 26.4. The Kier molecular flexibility index (Phi) is 8.51. The van der Waals surface area contributed by atoms with Gasteiger partial charge in [-0.15, -0.1) is 12.4 Å². The van der Waals surface area contributed by atoms with Gasteiger partial charge in [0.05, 0.1) is 19.5 Å². The third kappa shape index (κ3) is 6.43. The lowest BCUT2D eigenvalue weighted by Crippen LogP contribution is -2.46. The Labute approximate surface area is 153 Å². The van der Waals surface area contributed by atoms with E-state index in [1.54, 1.807) is 16.8 Å². The summed E-state index contributed by atoms with van der Waals surface area (Å²) in [7, 11) is 1.74. The molecule has 1 unspecified atom stereocenters. The van der Waals surface area contributed by atoms with Crippen molar-refractivity contribution in [1.82, 2.24) is 9.80 Å². The molecule has 0 fully saturated rings. The van der Waals surface area contributed by atoms with E-state index >= 15 is 0 Å². The Hall–Kier alpha value is -1.99. The summed E-state index contributed by atoms with van der Waals surface area (Å²) in [6.45, 7) is 3.84. The second-order valence-corrected chi connectivity index (χ2v) is 5.81. The summed E-state index contributed by atoms with van der Waals surface area (Å²) in [5.41, 5.74) is 0. The number of aliphatic carboxylic acids is 1. The Bertz CT molecular complexity index is 584. The predicted molar refractivity (Wildman–Crippen MR) is 95.6 cm³/mol. The number of carboxylic acids is 1. The molecule has 0 aromatic heterocycles. The number of rotatable bonds is 8. The quantitative estimate of drug-likeness (QED) is 0.745. The van der Waals surface area contributed by atoms with Gasteiger partial charge in [0.15, 0.2) is 17.6 Å². The minimum Gasteiger partial charge on any atom is -0.486 e. The molecule has 1 aromatic carbocycles. The summed E-state index contributed by atoms with van der Waals surface area (Å²) < 4.78 is 11.6. The Morgan fingerprint density at radius 2 is 1.96 bits per heavy atom. The smallest absolute Gasteiger partial charge is 0.304 e. The van der Waals surface area contributed by atoms with Crippen molar-refractivity contribution in [2.24, 2.45) is 0 Å². The first kappa shape index (κ1) is 21.1. The molecule has 0 saturated heterocycles. The van der Waals surface area contributed by atoms with Crippen molar-refractivity contribution in [3.8, 4) is 11.5 Å². The van der Waals surface area contributed by atoms with Gasteiger partial charge in [-0.05, 0) is 26.1 Å². The van der Waals surface area contributed by atoms with Crippen molar-refractivity contribution < 1.29 is 24.2 Å². The van der Waals surface area contributed by atoms with Crippen molar-refractivity contribution in [2.75, 3.05) is 39.8 Å². The highest BCUT2D eigenvalue weighted by Crippen LogP contribution is 2.30. The van der Waals surface area contributed by atoms with E-state index in [2.05, 4.69) is 0 Å². The molecule has 1 aliphatic rings.